The van der Waals surface area contributed by atoms with E-state index in [-0.39, 0.29) is 35.0 Å². The summed E-state index contributed by atoms with van der Waals surface area (Å²) in [5.41, 5.74) is 0.440. The van der Waals surface area contributed by atoms with Crippen LogP contribution < -0.4 is 4.74 Å². The molecule has 0 heterocycles. The molecule has 0 amide bonds. The number of Topliss-reactive ketones (excluding diaryl/α,β-unsaturated/α-hetero) is 1. The van der Waals surface area contributed by atoms with Gasteiger partial charge in [-0.1, -0.05) is 6.07 Å². The molecule has 2 aromatic rings. The molecule has 1 aliphatic rings. The molecule has 0 aliphatic heterocycles. The summed E-state index contributed by atoms with van der Waals surface area (Å²) in [4.78, 5) is 24.8. The van der Waals surface area contributed by atoms with Gasteiger partial charge in [-0.3, -0.25) is 9.59 Å². The zero-order valence-electron chi connectivity index (χ0n) is 12.2. The third-order valence-electron chi connectivity index (χ3n) is 3.58. The fraction of sp³-hybridized carbons (Fsp3) is 0.176. The Bertz CT molecular complexity index is 833. The first kappa shape index (κ1) is 14.1. The molecule has 1 aliphatic carbocycles. The number of carbonyl (C=O) groups excluding carboxylic acids is 2. The van der Waals surface area contributed by atoms with Crippen LogP contribution >= 0.6 is 0 Å². The first-order valence-electron chi connectivity index (χ1n) is 6.84. The van der Waals surface area contributed by atoms with Gasteiger partial charge in [0.15, 0.2) is 11.5 Å². The van der Waals surface area contributed by atoms with Crippen LogP contribution in [0.15, 0.2) is 36.1 Å². The first-order valence-corrected chi connectivity index (χ1v) is 6.84. The lowest BCUT2D eigenvalue weighted by atomic mass is 9.88. The highest BCUT2D eigenvalue weighted by atomic mass is 16.5. The number of phenolic OH excluding ortho intramolecular Hbond substituents is 1. The summed E-state index contributed by atoms with van der Waals surface area (Å²) in [6, 6.07) is 6.38. The van der Waals surface area contributed by atoms with E-state index in [1.165, 1.54) is 19.3 Å². The Morgan fingerprint density at radius 3 is 2.64 bits per heavy atom. The van der Waals surface area contributed by atoms with E-state index >= 15 is 0 Å². The van der Waals surface area contributed by atoms with Crippen molar-refractivity contribution in [3.05, 3.63) is 47.2 Å². The summed E-state index contributed by atoms with van der Waals surface area (Å²) >= 11 is 0. The SMILES string of the molecule is CCOC1=CC(=O)c2ccc3cc(OC)cc(O)c3c2C1=O. The summed E-state index contributed by atoms with van der Waals surface area (Å²) in [5, 5.41) is 11.2. The zero-order valence-corrected chi connectivity index (χ0v) is 12.2. The van der Waals surface area contributed by atoms with Crippen molar-refractivity contribution in [3.63, 3.8) is 0 Å². The summed E-state index contributed by atoms with van der Waals surface area (Å²) in [6.45, 7) is 2.02. The Labute approximate surface area is 126 Å². The van der Waals surface area contributed by atoms with Crippen molar-refractivity contribution in [2.75, 3.05) is 13.7 Å². The minimum atomic E-state index is -0.400. The number of allylic oxidation sites excluding steroid dienone is 2. The second-order valence-corrected chi connectivity index (χ2v) is 4.87. The van der Waals surface area contributed by atoms with E-state index in [1.807, 2.05) is 0 Å². The number of ether oxygens (including phenoxy) is 2. The highest BCUT2D eigenvalue weighted by Crippen LogP contribution is 2.37. The maximum atomic E-state index is 12.6. The molecule has 0 fully saturated rings. The Morgan fingerprint density at radius 1 is 1.18 bits per heavy atom. The molecule has 1 N–H and O–H groups in total. The fourth-order valence-electron chi connectivity index (χ4n) is 2.62. The van der Waals surface area contributed by atoms with Crippen LogP contribution in [-0.2, 0) is 4.74 Å². The molecule has 0 unspecified atom stereocenters. The summed E-state index contributed by atoms with van der Waals surface area (Å²) < 4.78 is 10.3. The minimum absolute atomic E-state index is 0.00252. The number of fused-ring (bicyclic) bond motifs is 3. The molecule has 112 valence electrons. The molecule has 0 radical (unpaired) electrons. The van der Waals surface area contributed by atoms with Crippen LogP contribution in [-0.4, -0.2) is 30.4 Å². The van der Waals surface area contributed by atoms with Crippen LogP contribution in [0.2, 0.25) is 0 Å². The maximum absolute atomic E-state index is 12.6. The van der Waals surface area contributed by atoms with Crippen LogP contribution in [0.25, 0.3) is 10.8 Å². The van der Waals surface area contributed by atoms with Crippen LogP contribution in [0.3, 0.4) is 0 Å². The van der Waals surface area contributed by atoms with Crippen molar-refractivity contribution >= 4 is 22.3 Å². The van der Waals surface area contributed by atoms with Gasteiger partial charge in [-0.15, -0.1) is 0 Å². The lowest BCUT2D eigenvalue weighted by Gasteiger charge is -2.18. The van der Waals surface area contributed by atoms with Crippen molar-refractivity contribution < 1.29 is 24.2 Å². The van der Waals surface area contributed by atoms with Crippen molar-refractivity contribution in [3.8, 4) is 11.5 Å². The van der Waals surface area contributed by atoms with Crippen molar-refractivity contribution in [1.29, 1.82) is 0 Å². The van der Waals surface area contributed by atoms with Gasteiger partial charge in [0.1, 0.15) is 11.5 Å². The fourth-order valence-corrected chi connectivity index (χ4v) is 2.62. The number of rotatable bonds is 3. The van der Waals surface area contributed by atoms with E-state index < -0.39 is 5.78 Å². The number of phenols is 1. The highest BCUT2D eigenvalue weighted by Gasteiger charge is 2.29. The second-order valence-electron chi connectivity index (χ2n) is 4.87. The van der Waals surface area contributed by atoms with E-state index in [4.69, 9.17) is 9.47 Å². The Morgan fingerprint density at radius 2 is 1.95 bits per heavy atom. The minimum Gasteiger partial charge on any atom is -0.507 e. The molecule has 22 heavy (non-hydrogen) atoms. The predicted molar refractivity (Wildman–Crippen MR) is 80.5 cm³/mol. The third kappa shape index (κ3) is 2.02. The molecule has 0 atom stereocenters. The zero-order chi connectivity index (χ0) is 15.9. The van der Waals surface area contributed by atoms with Gasteiger partial charge in [0.2, 0.25) is 5.78 Å². The number of benzene rings is 2. The lowest BCUT2D eigenvalue weighted by molar-refractivity contribution is 0.0893. The number of hydrogen-bond acceptors (Lipinski definition) is 5. The molecule has 0 aromatic heterocycles. The first-order chi connectivity index (χ1) is 10.6. The monoisotopic (exact) mass is 298 g/mol. The van der Waals surface area contributed by atoms with E-state index in [2.05, 4.69) is 0 Å². The summed E-state index contributed by atoms with van der Waals surface area (Å²) in [5.74, 6) is -0.342. The predicted octanol–water partition coefficient (Wildman–Crippen LogP) is 2.85. The number of aromatic hydroxyl groups is 1. The molecule has 5 nitrogen and oxygen atoms in total. The van der Waals surface area contributed by atoms with E-state index in [0.717, 1.165) is 0 Å². The van der Waals surface area contributed by atoms with Crippen molar-refractivity contribution in [2.45, 2.75) is 6.92 Å². The molecule has 2 aromatic carbocycles. The van der Waals surface area contributed by atoms with Gasteiger partial charge in [-0.25, -0.2) is 0 Å². The molecule has 3 rings (SSSR count). The van der Waals surface area contributed by atoms with Gasteiger partial charge >= 0.3 is 0 Å². The Hall–Kier alpha value is -2.82. The second kappa shape index (κ2) is 5.18. The molecule has 0 spiro atoms. The van der Waals surface area contributed by atoms with Crippen LogP contribution in [0, 0.1) is 0 Å². The average Bonchev–Trinajstić information content (AvgIpc) is 2.51. The molecular weight excluding hydrogens is 284 g/mol. The topological polar surface area (TPSA) is 72.8 Å². The van der Waals surface area contributed by atoms with Gasteiger partial charge in [-0.2, -0.15) is 0 Å². The Balaban J connectivity index is 2.32. The van der Waals surface area contributed by atoms with Crippen molar-refractivity contribution in [2.24, 2.45) is 0 Å². The summed E-state index contributed by atoms with van der Waals surface area (Å²) in [6.07, 6.45) is 1.20. The van der Waals surface area contributed by atoms with Crippen molar-refractivity contribution in [1.82, 2.24) is 0 Å². The van der Waals surface area contributed by atoms with Crippen LogP contribution in [0.5, 0.6) is 11.5 Å². The molecule has 0 bridgehead atoms. The number of hydrogen-bond donors (Lipinski definition) is 1. The summed E-state index contributed by atoms with van der Waals surface area (Å²) in [7, 11) is 1.49. The largest absolute Gasteiger partial charge is 0.507 e. The third-order valence-corrected chi connectivity index (χ3v) is 3.58. The maximum Gasteiger partial charge on any atom is 0.229 e. The average molecular weight is 298 g/mol. The molecule has 0 saturated heterocycles. The number of methoxy groups -OCH3 is 1. The Kier molecular flexibility index (Phi) is 3.33. The van der Waals surface area contributed by atoms with E-state index in [1.54, 1.807) is 25.1 Å². The standard InChI is InChI=1S/C17H14O5/c1-3-22-14-8-12(18)11-5-4-9-6-10(21-2)7-13(19)15(9)16(11)17(14)20/h4-8,19H,3H2,1-2H3. The number of ketones is 2. The normalized spacial score (nSPS) is 13.8. The van der Waals surface area contributed by atoms with Crippen LogP contribution in [0.1, 0.15) is 27.6 Å². The van der Waals surface area contributed by atoms with Gasteiger partial charge in [0.05, 0.1) is 13.7 Å². The van der Waals surface area contributed by atoms with E-state index in [9.17, 15) is 14.7 Å². The molecule has 5 heteroatoms. The highest BCUT2D eigenvalue weighted by molar-refractivity contribution is 6.29. The molecular formula is C17H14O5. The van der Waals surface area contributed by atoms with Gasteiger partial charge in [0.25, 0.3) is 0 Å². The number of carbonyl (C=O) groups is 2. The molecule has 0 saturated carbocycles. The van der Waals surface area contributed by atoms with Gasteiger partial charge in [0, 0.05) is 28.7 Å². The van der Waals surface area contributed by atoms with E-state index in [0.29, 0.717) is 16.5 Å². The smallest absolute Gasteiger partial charge is 0.229 e. The van der Waals surface area contributed by atoms with Crippen LogP contribution in [0.4, 0.5) is 0 Å². The van der Waals surface area contributed by atoms with Gasteiger partial charge < -0.3 is 14.6 Å². The quantitative estimate of drug-likeness (QED) is 0.943. The van der Waals surface area contributed by atoms with Gasteiger partial charge in [-0.05, 0) is 24.4 Å². The lowest BCUT2D eigenvalue weighted by Crippen LogP contribution is -2.19.